The first-order valence-electron chi connectivity index (χ1n) is 6.64. The summed E-state index contributed by atoms with van der Waals surface area (Å²) in [7, 11) is -1.87. The molecule has 114 valence electrons. The van der Waals surface area contributed by atoms with Crippen molar-refractivity contribution in [2.45, 2.75) is 11.6 Å². The number of sulfonamides is 1. The van der Waals surface area contributed by atoms with E-state index in [4.69, 9.17) is 4.42 Å². The third-order valence-electron chi connectivity index (χ3n) is 3.23. The Morgan fingerprint density at radius 2 is 1.95 bits per heavy atom. The van der Waals surface area contributed by atoms with Crippen LogP contribution in [0.2, 0.25) is 0 Å². The number of rotatable bonds is 5. The summed E-state index contributed by atoms with van der Waals surface area (Å²) in [6.45, 7) is 0.213. The van der Waals surface area contributed by atoms with Crippen LogP contribution in [0.4, 0.5) is 0 Å². The van der Waals surface area contributed by atoms with Gasteiger partial charge in [-0.2, -0.15) is 0 Å². The maximum atomic E-state index is 12.1. The average molecular weight is 317 g/mol. The summed E-state index contributed by atoms with van der Waals surface area (Å²) in [5, 5.41) is 0.0185. The van der Waals surface area contributed by atoms with Crippen LogP contribution in [-0.4, -0.2) is 18.0 Å². The molecule has 7 heteroatoms. The van der Waals surface area contributed by atoms with E-state index in [1.807, 2.05) is 30.3 Å². The van der Waals surface area contributed by atoms with Crippen molar-refractivity contribution >= 4 is 10.0 Å². The molecule has 3 aromatic rings. The van der Waals surface area contributed by atoms with Crippen LogP contribution in [-0.2, 0) is 23.6 Å². The second-order valence-corrected chi connectivity index (χ2v) is 6.62. The summed E-state index contributed by atoms with van der Waals surface area (Å²) >= 11 is 0. The maximum absolute atomic E-state index is 12.1. The van der Waals surface area contributed by atoms with E-state index in [9.17, 15) is 8.42 Å². The van der Waals surface area contributed by atoms with Crippen molar-refractivity contribution in [3.05, 3.63) is 60.9 Å². The predicted octanol–water partition coefficient (Wildman–Crippen LogP) is 2.16. The van der Waals surface area contributed by atoms with Gasteiger partial charge in [-0.05, 0) is 17.2 Å². The number of aryl methyl sites for hydroxylation is 1. The van der Waals surface area contributed by atoms with Gasteiger partial charge in [0.1, 0.15) is 0 Å². The molecular formula is C15H15N3O3S. The molecule has 0 fully saturated rings. The van der Waals surface area contributed by atoms with Crippen LogP contribution in [0, 0.1) is 0 Å². The predicted molar refractivity (Wildman–Crippen MR) is 81.4 cm³/mol. The third kappa shape index (κ3) is 3.10. The van der Waals surface area contributed by atoms with E-state index in [1.165, 1.54) is 12.5 Å². The molecule has 1 N–H and O–H groups in total. The lowest BCUT2D eigenvalue weighted by Crippen LogP contribution is -2.23. The maximum Gasteiger partial charge on any atom is 0.259 e. The number of hydrogen-bond acceptors (Lipinski definition) is 4. The van der Waals surface area contributed by atoms with E-state index >= 15 is 0 Å². The molecule has 6 nitrogen and oxygen atoms in total. The zero-order chi connectivity index (χ0) is 15.6. The summed E-state index contributed by atoms with van der Waals surface area (Å²) < 4.78 is 33.3. The van der Waals surface area contributed by atoms with Crippen molar-refractivity contribution in [1.29, 1.82) is 0 Å². The lowest BCUT2D eigenvalue weighted by molar-refractivity contribution is 0.568. The average Bonchev–Trinajstić information content (AvgIpc) is 3.17. The van der Waals surface area contributed by atoms with Gasteiger partial charge in [-0.1, -0.05) is 24.3 Å². The standard InChI is InChI=1S/C15H15N3O3S/c1-18-9-15(16-11-18)22(19,20)17-8-12-2-4-13(5-3-12)14-6-7-21-10-14/h2-7,9-11,17H,8H2,1H3. The Hall–Kier alpha value is -2.38. The van der Waals surface area contributed by atoms with E-state index in [-0.39, 0.29) is 11.6 Å². The van der Waals surface area contributed by atoms with Gasteiger partial charge in [-0.3, -0.25) is 0 Å². The minimum absolute atomic E-state index is 0.0185. The van der Waals surface area contributed by atoms with Gasteiger partial charge in [0.15, 0.2) is 5.03 Å². The molecule has 0 spiro atoms. The Bertz CT molecular complexity index is 850. The van der Waals surface area contributed by atoms with Crippen molar-refractivity contribution < 1.29 is 12.8 Å². The zero-order valence-corrected chi connectivity index (χ0v) is 12.7. The quantitative estimate of drug-likeness (QED) is 0.782. The first-order valence-corrected chi connectivity index (χ1v) is 8.12. The number of aromatic nitrogens is 2. The fourth-order valence-electron chi connectivity index (χ4n) is 2.02. The van der Waals surface area contributed by atoms with Gasteiger partial charge in [-0.25, -0.2) is 18.1 Å². The van der Waals surface area contributed by atoms with Crippen LogP contribution in [0.15, 0.2) is 64.8 Å². The molecule has 0 aliphatic rings. The van der Waals surface area contributed by atoms with Crippen LogP contribution in [0.25, 0.3) is 11.1 Å². The van der Waals surface area contributed by atoms with Crippen molar-refractivity contribution in [2.75, 3.05) is 0 Å². The molecule has 3 rings (SSSR count). The largest absolute Gasteiger partial charge is 0.472 e. The fourth-order valence-corrected chi connectivity index (χ4v) is 3.02. The molecule has 0 aliphatic heterocycles. The van der Waals surface area contributed by atoms with Crippen molar-refractivity contribution in [3.63, 3.8) is 0 Å². The van der Waals surface area contributed by atoms with Gasteiger partial charge in [0.05, 0.1) is 18.9 Å². The molecule has 0 atom stereocenters. The van der Waals surface area contributed by atoms with Crippen LogP contribution in [0.5, 0.6) is 0 Å². The fraction of sp³-hybridized carbons (Fsp3) is 0.133. The molecule has 0 amide bonds. The topological polar surface area (TPSA) is 77.1 Å². The Kier molecular flexibility index (Phi) is 3.82. The molecule has 22 heavy (non-hydrogen) atoms. The number of benzene rings is 1. The molecule has 0 radical (unpaired) electrons. The lowest BCUT2D eigenvalue weighted by atomic mass is 10.1. The van der Waals surface area contributed by atoms with E-state index in [1.54, 1.807) is 24.1 Å². The minimum Gasteiger partial charge on any atom is -0.472 e. The first-order chi connectivity index (χ1) is 10.5. The van der Waals surface area contributed by atoms with Gasteiger partial charge in [-0.15, -0.1) is 0 Å². The smallest absolute Gasteiger partial charge is 0.259 e. The summed E-state index contributed by atoms with van der Waals surface area (Å²) in [5.41, 5.74) is 2.87. The number of nitrogens with zero attached hydrogens (tertiary/aromatic N) is 2. The van der Waals surface area contributed by atoms with Crippen LogP contribution >= 0.6 is 0 Å². The molecule has 2 heterocycles. The highest BCUT2D eigenvalue weighted by atomic mass is 32.2. The highest BCUT2D eigenvalue weighted by Crippen LogP contribution is 2.20. The summed E-state index contributed by atoms with van der Waals surface area (Å²) in [5.74, 6) is 0. The molecule has 0 saturated carbocycles. The summed E-state index contributed by atoms with van der Waals surface area (Å²) in [6.07, 6.45) is 6.20. The van der Waals surface area contributed by atoms with E-state index in [0.717, 1.165) is 16.7 Å². The summed E-state index contributed by atoms with van der Waals surface area (Å²) in [6, 6.07) is 9.48. The Labute approximate surface area is 128 Å². The van der Waals surface area contributed by atoms with E-state index in [0.29, 0.717) is 0 Å². The zero-order valence-electron chi connectivity index (χ0n) is 11.9. The van der Waals surface area contributed by atoms with Crippen LogP contribution in [0.3, 0.4) is 0 Å². The Morgan fingerprint density at radius 1 is 1.18 bits per heavy atom. The molecule has 2 aromatic heterocycles. The monoisotopic (exact) mass is 317 g/mol. The molecule has 0 bridgehead atoms. The highest BCUT2D eigenvalue weighted by Gasteiger charge is 2.16. The van der Waals surface area contributed by atoms with Gasteiger partial charge in [0.25, 0.3) is 10.0 Å². The lowest BCUT2D eigenvalue weighted by Gasteiger charge is -2.05. The normalized spacial score (nSPS) is 11.7. The molecular weight excluding hydrogens is 302 g/mol. The molecule has 1 aromatic carbocycles. The third-order valence-corrected chi connectivity index (χ3v) is 4.52. The van der Waals surface area contributed by atoms with Gasteiger partial charge < -0.3 is 8.98 Å². The number of hydrogen-bond donors (Lipinski definition) is 1. The van der Waals surface area contributed by atoms with Gasteiger partial charge in [0, 0.05) is 25.4 Å². The van der Waals surface area contributed by atoms with Crippen LogP contribution in [0.1, 0.15) is 5.56 Å². The van der Waals surface area contributed by atoms with Gasteiger partial charge in [0.2, 0.25) is 0 Å². The number of imidazole rings is 1. The second kappa shape index (κ2) is 5.78. The van der Waals surface area contributed by atoms with E-state index in [2.05, 4.69) is 9.71 Å². The molecule has 0 aliphatic carbocycles. The first kappa shape index (κ1) is 14.6. The SMILES string of the molecule is Cn1cnc(S(=O)(=O)NCc2ccc(-c3ccoc3)cc2)c1. The highest BCUT2D eigenvalue weighted by molar-refractivity contribution is 7.89. The van der Waals surface area contributed by atoms with Crippen LogP contribution < -0.4 is 4.72 Å². The Balaban J connectivity index is 1.69. The van der Waals surface area contributed by atoms with Crippen molar-refractivity contribution in [1.82, 2.24) is 14.3 Å². The minimum atomic E-state index is -3.59. The number of furan rings is 1. The Morgan fingerprint density at radius 3 is 2.55 bits per heavy atom. The molecule has 0 unspecified atom stereocenters. The van der Waals surface area contributed by atoms with E-state index < -0.39 is 10.0 Å². The van der Waals surface area contributed by atoms with Crippen molar-refractivity contribution in [3.8, 4) is 11.1 Å². The van der Waals surface area contributed by atoms with Crippen molar-refractivity contribution in [2.24, 2.45) is 7.05 Å². The number of nitrogens with one attached hydrogen (secondary N) is 1. The molecule has 0 saturated heterocycles. The van der Waals surface area contributed by atoms with Gasteiger partial charge >= 0.3 is 0 Å². The second-order valence-electron chi connectivity index (χ2n) is 4.91. The summed E-state index contributed by atoms with van der Waals surface area (Å²) in [4.78, 5) is 3.85.